The molecule has 0 aromatic heterocycles. The van der Waals surface area contributed by atoms with E-state index in [4.69, 9.17) is 12.2 Å². The molecule has 2 rings (SSSR count). The van der Waals surface area contributed by atoms with E-state index in [0.29, 0.717) is 17.3 Å². The summed E-state index contributed by atoms with van der Waals surface area (Å²) in [5.74, 6) is -0.273. The molecule has 1 N–H and O–H groups in total. The fourth-order valence-electron chi connectivity index (χ4n) is 2.71. The average Bonchev–Trinajstić information content (AvgIpc) is 2.64. The fourth-order valence-corrected chi connectivity index (χ4v) is 2.89. The van der Waals surface area contributed by atoms with E-state index >= 15 is 0 Å². The minimum Gasteiger partial charge on any atom is -0.406 e. The van der Waals surface area contributed by atoms with Crippen LogP contribution in [0.5, 0.6) is 5.75 Å². The Kier molecular flexibility index (Phi) is 7.51. The zero-order valence-electron chi connectivity index (χ0n) is 16.1. The van der Waals surface area contributed by atoms with Crippen LogP contribution in [0.25, 0.3) is 0 Å². The van der Waals surface area contributed by atoms with Crippen molar-refractivity contribution in [2.75, 3.05) is 30.4 Å². The van der Waals surface area contributed by atoms with Gasteiger partial charge in [0, 0.05) is 38.1 Å². The van der Waals surface area contributed by atoms with Gasteiger partial charge in [0.1, 0.15) is 5.75 Å². The molecule has 4 nitrogen and oxygen atoms in total. The number of anilines is 2. The van der Waals surface area contributed by atoms with Crippen LogP contribution in [0.15, 0.2) is 48.5 Å². The molecule has 8 heteroatoms. The highest BCUT2D eigenvalue weighted by Crippen LogP contribution is 2.24. The van der Waals surface area contributed by atoms with E-state index in [0.717, 1.165) is 18.7 Å². The number of hydrogen-bond donors (Lipinski definition) is 1. The van der Waals surface area contributed by atoms with Gasteiger partial charge in [-0.2, -0.15) is 0 Å². The van der Waals surface area contributed by atoms with Gasteiger partial charge in [-0.3, -0.25) is 0 Å². The Morgan fingerprint density at radius 3 is 2.07 bits per heavy atom. The lowest BCUT2D eigenvalue weighted by Crippen LogP contribution is -2.30. The molecule has 0 radical (unpaired) electrons. The quantitative estimate of drug-likeness (QED) is 0.628. The predicted molar refractivity (Wildman–Crippen MR) is 111 cm³/mol. The highest BCUT2D eigenvalue weighted by Gasteiger charge is 2.30. The zero-order valence-corrected chi connectivity index (χ0v) is 16.9. The van der Waals surface area contributed by atoms with Crippen LogP contribution in [0, 0.1) is 0 Å². The van der Waals surface area contributed by atoms with E-state index in [9.17, 15) is 13.2 Å². The molecule has 0 saturated heterocycles. The van der Waals surface area contributed by atoms with Crippen molar-refractivity contribution >= 4 is 28.7 Å². The van der Waals surface area contributed by atoms with E-state index in [2.05, 4.69) is 53.1 Å². The van der Waals surface area contributed by atoms with Crippen molar-refractivity contribution in [2.45, 2.75) is 26.8 Å². The molecular formula is C20H24F3N3OS. The van der Waals surface area contributed by atoms with Crippen LogP contribution in [0.2, 0.25) is 0 Å². The van der Waals surface area contributed by atoms with Gasteiger partial charge in [-0.05, 0) is 68.0 Å². The van der Waals surface area contributed by atoms with Gasteiger partial charge in [-0.1, -0.05) is 12.1 Å². The molecular weight excluding hydrogens is 387 g/mol. The van der Waals surface area contributed by atoms with Crippen molar-refractivity contribution in [1.29, 1.82) is 0 Å². The van der Waals surface area contributed by atoms with Crippen molar-refractivity contribution in [3.63, 3.8) is 0 Å². The van der Waals surface area contributed by atoms with E-state index in [1.165, 1.54) is 30.0 Å². The number of hydrogen-bond acceptors (Lipinski definition) is 3. The lowest BCUT2D eigenvalue weighted by Gasteiger charge is -2.23. The monoisotopic (exact) mass is 411 g/mol. The van der Waals surface area contributed by atoms with Crippen LogP contribution in [0.3, 0.4) is 0 Å². The van der Waals surface area contributed by atoms with Crippen molar-refractivity contribution in [1.82, 2.24) is 4.90 Å². The molecule has 28 heavy (non-hydrogen) atoms. The second-order valence-electron chi connectivity index (χ2n) is 6.20. The normalized spacial score (nSPS) is 11.1. The minimum absolute atomic E-state index is 0.273. The van der Waals surface area contributed by atoms with Gasteiger partial charge in [-0.25, -0.2) is 0 Å². The molecule has 0 aliphatic heterocycles. The Morgan fingerprint density at radius 2 is 1.57 bits per heavy atom. The molecule has 0 bridgehead atoms. The standard InChI is InChI=1S/C20H24F3N3OS/c1-4-26(5-2)17-10-6-15(7-11-17)14-25(3)19(28)24-16-8-12-18(13-9-16)27-20(21,22)23/h6-13H,4-5,14H2,1-3H3,(H,24,28). The van der Waals surface area contributed by atoms with Gasteiger partial charge in [-0.15, -0.1) is 13.2 Å². The third kappa shape index (κ3) is 6.60. The largest absolute Gasteiger partial charge is 0.573 e. The summed E-state index contributed by atoms with van der Waals surface area (Å²) >= 11 is 5.38. The first-order valence-corrected chi connectivity index (χ1v) is 9.34. The molecule has 2 aromatic rings. The Balaban J connectivity index is 1.92. The molecule has 0 heterocycles. The molecule has 0 spiro atoms. The zero-order chi connectivity index (χ0) is 20.7. The smallest absolute Gasteiger partial charge is 0.406 e. The summed E-state index contributed by atoms with van der Waals surface area (Å²) < 4.78 is 40.5. The third-order valence-corrected chi connectivity index (χ3v) is 4.58. The number of thiocarbonyl (C=S) groups is 1. The first-order chi connectivity index (χ1) is 13.2. The van der Waals surface area contributed by atoms with E-state index in [1.807, 2.05) is 11.9 Å². The highest BCUT2D eigenvalue weighted by molar-refractivity contribution is 7.80. The van der Waals surface area contributed by atoms with Crippen LogP contribution in [-0.4, -0.2) is 36.5 Å². The maximum Gasteiger partial charge on any atom is 0.573 e. The summed E-state index contributed by atoms with van der Waals surface area (Å²) in [6.07, 6.45) is -4.70. The minimum atomic E-state index is -4.70. The predicted octanol–water partition coefficient (Wildman–Crippen LogP) is 5.26. The van der Waals surface area contributed by atoms with Crippen molar-refractivity contribution in [3.05, 3.63) is 54.1 Å². The molecule has 0 aliphatic rings. The summed E-state index contributed by atoms with van der Waals surface area (Å²) in [6, 6.07) is 13.8. The van der Waals surface area contributed by atoms with Crippen LogP contribution >= 0.6 is 12.2 Å². The van der Waals surface area contributed by atoms with Gasteiger partial charge in [0.05, 0.1) is 0 Å². The van der Waals surface area contributed by atoms with Gasteiger partial charge >= 0.3 is 6.36 Å². The number of benzene rings is 2. The Morgan fingerprint density at radius 1 is 1.00 bits per heavy atom. The Hall–Kier alpha value is -2.48. The number of ether oxygens (including phenoxy) is 1. The highest BCUT2D eigenvalue weighted by atomic mass is 32.1. The van der Waals surface area contributed by atoms with Gasteiger partial charge in [0.25, 0.3) is 0 Å². The SMILES string of the molecule is CCN(CC)c1ccc(CN(C)C(=S)Nc2ccc(OC(F)(F)F)cc2)cc1. The molecule has 152 valence electrons. The second kappa shape index (κ2) is 9.64. The first-order valence-electron chi connectivity index (χ1n) is 8.93. The first kappa shape index (κ1) is 21.8. The summed E-state index contributed by atoms with van der Waals surface area (Å²) in [5, 5.41) is 3.48. The van der Waals surface area contributed by atoms with Crippen molar-refractivity contribution in [3.8, 4) is 5.75 Å². The lowest BCUT2D eigenvalue weighted by molar-refractivity contribution is -0.274. The molecule has 0 amide bonds. The van der Waals surface area contributed by atoms with Gasteiger partial charge in [0.2, 0.25) is 0 Å². The molecule has 2 aromatic carbocycles. The molecule has 0 aliphatic carbocycles. The average molecular weight is 411 g/mol. The van der Waals surface area contributed by atoms with Crippen LogP contribution in [-0.2, 0) is 6.54 Å². The third-order valence-electron chi connectivity index (χ3n) is 4.17. The number of rotatable bonds is 7. The van der Waals surface area contributed by atoms with E-state index in [-0.39, 0.29) is 5.75 Å². The maximum absolute atomic E-state index is 12.2. The van der Waals surface area contributed by atoms with Crippen LogP contribution < -0.4 is 15.0 Å². The summed E-state index contributed by atoms with van der Waals surface area (Å²) in [4.78, 5) is 4.13. The van der Waals surface area contributed by atoms with E-state index < -0.39 is 6.36 Å². The van der Waals surface area contributed by atoms with Crippen molar-refractivity contribution < 1.29 is 17.9 Å². The molecule has 0 fully saturated rings. The topological polar surface area (TPSA) is 27.7 Å². The number of nitrogens with zero attached hydrogens (tertiary/aromatic N) is 2. The van der Waals surface area contributed by atoms with E-state index in [1.54, 1.807) is 0 Å². The number of alkyl halides is 3. The molecule has 0 saturated carbocycles. The Labute approximate surface area is 168 Å². The number of halogens is 3. The Bertz CT molecular complexity index is 760. The summed E-state index contributed by atoms with van der Waals surface area (Å²) in [7, 11) is 1.86. The molecule has 0 atom stereocenters. The van der Waals surface area contributed by atoms with Crippen molar-refractivity contribution in [2.24, 2.45) is 0 Å². The summed E-state index contributed by atoms with van der Waals surface area (Å²) in [5.41, 5.74) is 2.87. The second-order valence-corrected chi connectivity index (χ2v) is 6.58. The number of nitrogens with one attached hydrogen (secondary N) is 1. The summed E-state index contributed by atoms with van der Waals surface area (Å²) in [6.45, 7) is 6.76. The van der Waals surface area contributed by atoms with Crippen LogP contribution in [0.1, 0.15) is 19.4 Å². The lowest BCUT2D eigenvalue weighted by atomic mass is 10.2. The maximum atomic E-state index is 12.2. The fraction of sp³-hybridized carbons (Fsp3) is 0.350. The van der Waals surface area contributed by atoms with Gasteiger partial charge < -0.3 is 19.9 Å². The molecule has 0 unspecified atom stereocenters. The van der Waals surface area contributed by atoms with Crippen LogP contribution in [0.4, 0.5) is 24.5 Å². The van der Waals surface area contributed by atoms with Gasteiger partial charge in [0.15, 0.2) is 5.11 Å².